The van der Waals surface area contributed by atoms with Crippen LogP contribution < -0.4 is 4.74 Å². The predicted molar refractivity (Wildman–Crippen MR) is 117 cm³/mol. The Morgan fingerprint density at radius 2 is 1.37 bits per heavy atom. The zero-order valence-corrected chi connectivity index (χ0v) is 17.1. The van der Waals surface area contributed by atoms with E-state index in [1.807, 2.05) is 42.7 Å². The molecular formula is C25H24N4O. The summed E-state index contributed by atoms with van der Waals surface area (Å²) in [6.45, 7) is 2.12. The van der Waals surface area contributed by atoms with Crippen LogP contribution in [0.4, 0.5) is 0 Å². The van der Waals surface area contributed by atoms with Crippen molar-refractivity contribution in [3.63, 3.8) is 0 Å². The van der Waals surface area contributed by atoms with E-state index in [0.717, 1.165) is 34.6 Å². The molecule has 0 saturated carbocycles. The lowest BCUT2D eigenvalue weighted by atomic mass is 9.78. The van der Waals surface area contributed by atoms with Gasteiger partial charge in [0.05, 0.1) is 24.4 Å². The highest BCUT2D eigenvalue weighted by Gasteiger charge is 2.31. The predicted octanol–water partition coefficient (Wildman–Crippen LogP) is 4.80. The third-order valence-corrected chi connectivity index (χ3v) is 5.20. The minimum atomic E-state index is -0.125. The summed E-state index contributed by atoms with van der Waals surface area (Å²) >= 11 is 0. The normalized spacial score (nSPS) is 12.0. The zero-order chi connectivity index (χ0) is 20.8. The molecule has 0 aliphatic carbocycles. The monoisotopic (exact) mass is 396 g/mol. The third-order valence-electron chi connectivity index (χ3n) is 5.20. The minimum absolute atomic E-state index is 0.0494. The fraction of sp³-hybridized carbons (Fsp3) is 0.200. The van der Waals surface area contributed by atoms with Gasteiger partial charge in [0.2, 0.25) is 5.88 Å². The van der Waals surface area contributed by atoms with Gasteiger partial charge in [0.1, 0.15) is 0 Å². The quantitative estimate of drug-likeness (QED) is 0.449. The summed E-state index contributed by atoms with van der Waals surface area (Å²) in [6, 6.07) is 20.2. The van der Waals surface area contributed by atoms with Gasteiger partial charge in [-0.05, 0) is 47.9 Å². The van der Waals surface area contributed by atoms with Gasteiger partial charge in [-0.2, -0.15) is 0 Å². The van der Waals surface area contributed by atoms with Crippen LogP contribution in [0.15, 0.2) is 85.5 Å². The number of rotatable bonds is 7. The maximum Gasteiger partial charge on any atom is 0.213 e. The summed E-state index contributed by atoms with van der Waals surface area (Å²) in [5.41, 5.74) is 5.09. The molecule has 0 radical (unpaired) electrons. The Kier molecular flexibility index (Phi) is 6.09. The lowest BCUT2D eigenvalue weighted by Crippen LogP contribution is -2.18. The van der Waals surface area contributed by atoms with Crippen molar-refractivity contribution in [1.29, 1.82) is 0 Å². The van der Waals surface area contributed by atoms with Crippen molar-refractivity contribution >= 4 is 0 Å². The van der Waals surface area contributed by atoms with E-state index in [0.29, 0.717) is 5.88 Å². The summed E-state index contributed by atoms with van der Waals surface area (Å²) in [6.07, 6.45) is 8.27. The topological polar surface area (TPSA) is 60.8 Å². The van der Waals surface area contributed by atoms with Crippen LogP contribution in [0.1, 0.15) is 47.0 Å². The number of ether oxygens (including phenoxy) is 1. The van der Waals surface area contributed by atoms with Crippen LogP contribution >= 0.6 is 0 Å². The van der Waals surface area contributed by atoms with Crippen LogP contribution in [-0.2, 0) is 6.42 Å². The van der Waals surface area contributed by atoms with Gasteiger partial charge < -0.3 is 4.74 Å². The third kappa shape index (κ3) is 4.20. The van der Waals surface area contributed by atoms with Crippen molar-refractivity contribution in [3.8, 4) is 5.88 Å². The molecule has 1 unspecified atom stereocenters. The molecule has 5 nitrogen and oxygen atoms in total. The second kappa shape index (κ2) is 9.27. The first-order valence-electron chi connectivity index (χ1n) is 10.1. The summed E-state index contributed by atoms with van der Waals surface area (Å²) in [5.74, 6) is 0.409. The summed E-state index contributed by atoms with van der Waals surface area (Å²) in [5, 5.41) is 0. The Morgan fingerprint density at radius 1 is 0.733 bits per heavy atom. The zero-order valence-electron chi connectivity index (χ0n) is 17.1. The summed E-state index contributed by atoms with van der Waals surface area (Å²) in [7, 11) is 1.64. The van der Waals surface area contributed by atoms with E-state index < -0.39 is 0 Å². The number of pyridine rings is 4. The molecule has 5 heteroatoms. The van der Waals surface area contributed by atoms with Crippen molar-refractivity contribution in [1.82, 2.24) is 19.9 Å². The molecule has 0 spiro atoms. The van der Waals surface area contributed by atoms with Crippen LogP contribution in [0.2, 0.25) is 0 Å². The molecule has 150 valence electrons. The highest BCUT2D eigenvalue weighted by molar-refractivity contribution is 5.40. The number of hydrogen-bond acceptors (Lipinski definition) is 5. The molecule has 0 saturated heterocycles. The Bertz CT molecular complexity index is 999. The van der Waals surface area contributed by atoms with Crippen molar-refractivity contribution in [2.75, 3.05) is 7.11 Å². The first-order chi connectivity index (χ1) is 14.8. The Hall–Kier alpha value is -3.60. The van der Waals surface area contributed by atoms with E-state index in [1.54, 1.807) is 19.5 Å². The van der Waals surface area contributed by atoms with Crippen LogP contribution in [0.25, 0.3) is 0 Å². The van der Waals surface area contributed by atoms with E-state index in [9.17, 15) is 0 Å². The number of hydrogen-bond donors (Lipinski definition) is 0. The maximum atomic E-state index is 5.42. The van der Waals surface area contributed by atoms with Crippen molar-refractivity contribution < 1.29 is 4.74 Å². The molecule has 0 bridgehead atoms. The minimum Gasteiger partial charge on any atom is -0.481 e. The summed E-state index contributed by atoms with van der Waals surface area (Å²) < 4.78 is 5.42. The molecule has 0 aliphatic heterocycles. The van der Waals surface area contributed by atoms with E-state index in [4.69, 9.17) is 14.7 Å². The SMILES string of the molecule is CCc1cccc(C(c2cccc(OC)n2)C(c2cccnc2)c2cccnc2)n1. The largest absolute Gasteiger partial charge is 0.481 e. The second-order valence-electron chi connectivity index (χ2n) is 7.04. The Balaban J connectivity index is 1.95. The maximum absolute atomic E-state index is 5.42. The van der Waals surface area contributed by atoms with Crippen LogP contribution in [0.3, 0.4) is 0 Å². The van der Waals surface area contributed by atoms with Gasteiger partial charge in [-0.15, -0.1) is 0 Å². The number of aryl methyl sites for hydroxylation is 1. The molecule has 4 heterocycles. The second-order valence-corrected chi connectivity index (χ2v) is 7.04. The Labute approximate surface area is 176 Å². The molecule has 0 aromatic carbocycles. The van der Waals surface area contributed by atoms with Gasteiger partial charge in [0.25, 0.3) is 0 Å². The molecule has 4 aromatic heterocycles. The smallest absolute Gasteiger partial charge is 0.213 e. The fourth-order valence-electron chi connectivity index (χ4n) is 3.78. The van der Waals surface area contributed by atoms with Gasteiger partial charge in [-0.1, -0.05) is 31.2 Å². The average molecular weight is 396 g/mol. The van der Waals surface area contributed by atoms with Gasteiger partial charge >= 0.3 is 0 Å². The lowest BCUT2D eigenvalue weighted by Gasteiger charge is -2.27. The van der Waals surface area contributed by atoms with Gasteiger partial charge in [0.15, 0.2) is 0 Å². The first kappa shape index (κ1) is 19.7. The van der Waals surface area contributed by atoms with Crippen LogP contribution in [0, 0.1) is 0 Å². The van der Waals surface area contributed by atoms with Crippen molar-refractivity contribution in [3.05, 3.63) is 114 Å². The van der Waals surface area contributed by atoms with Gasteiger partial charge in [-0.3, -0.25) is 15.0 Å². The van der Waals surface area contributed by atoms with Crippen LogP contribution in [0.5, 0.6) is 5.88 Å². The number of methoxy groups -OCH3 is 1. The molecule has 0 N–H and O–H groups in total. The van der Waals surface area contributed by atoms with E-state index in [2.05, 4.69) is 47.2 Å². The highest BCUT2D eigenvalue weighted by atomic mass is 16.5. The standard InChI is InChI=1S/C25H24N4O/c1-3-20-10-4-11-21(28-20)25(22-12-5-13-23(29-22)30-2)24(18-8-6-14-26-16-18)19-9-7-15-27-17-19/h4-17,24-25H,3H2,1-2H3. The fourth-order valence-corrected chi connectivity index (χ4v) is 3.78. The number of aromatic nitrogens is 4. The molecular weight excluding hydrogens is 372 g/mol. The lowest BCUT2D eigenvalue weighted by molar-refractivity contribution is 0.395. The molecule has 4 aromatic rings. The van der Waals surface area contributed by atoms with Crippen molar-refractivity contribution in [2.24, 2.45) is 0 Å². The highest BCUT2D eigenvalue weighted by Crippen LogP contribution is 2.41. The molecule has 1 atom stereocenters. The van der Waals surface area contributed by atoms with Gasteiger partial charge in [-0.25, -0.2) is 4.98 Å². The van der Waals surface area contributed by atoms with E-state index in [1.165, 1.54) is 0 Å². The van der Waals surface area contributed by atoms with Crippen molar-refractivity contribution in [2.45, 2.75) is 25.2 Å². The van der Waals surface area contributed by atoms with Gasteiger partial charge in [0, 0.05) is 42.5 Å². The first-order valence-corrected chi connectivity index (χ1v) is 10.1. The summed E-state index contributed by atoms with van der Waals surface area (Å²) in [4.78, 5) is 18.5. The molecule has 0 fully saturated rings. The molecule has 0 aliphatic rings. The van der Waals surface area contributed by atoms with E-state index in [-0.39, 0.29) is 11.8 Å². The van der Waals surface area contributed by atoms with E-state index >= 15 is 0 Å². The number of nitrogens with zero attached hydrogens (tertiary/aromatic N) is 4. The molecule has 0 amide bonds. The average Bonchev–Trinajstić information content (AvgIpc) is 2.83. The van der Waals surface area contributed by atoms with Crippen LogP contribution in [-0.4, -0.2) is 27.0 Å². The molecule has 4 rings (SSSR count). The molecule has 30 heavy (non-hydrogen) atoms. The Morgan fingerprint density at radius 3 is 1.93 bits per heavy atom.